The van der Waals surface area contributed by atoms with E-state index >= 15 is 0 Å². The van der Waals surface area contributed by atoms with Crippen LogP contribution in [0.4, 0.5) is 0 Å². The molecule has 0 saturated heterocycles. The van der Waals surface area contributed by atoms with Gasteiger partial charge in [0, 0.05) is 5.39 Å². The number of hydrogen-bond donors (Lipinski definition) is 2. The van der Waals surface area contributed by atoms with Crippen LogP contribution in [0.2, 0.25) is 0 Å². The Morgan fingerprint density at radius 3 is 2.74 bits per heavy atom. The second-order valence-corrected chi connectivity index (χ2v) is 4.30. The second kappa shape index (κ2) is 5.56. The first-order chi connectivity index (χ1) is 9.11. The molecule has 1 amide bonds. The predicted molar refractivity (Wildman–Crippen MR) is 70.0 cm³/mol. The van der Waals surface area contributed by atoms with E-state index < -0.39 is 17.9 Å². The monoisotopic (exact) mass is 261 g/mol. The van der Waals surface area contributed by atoms with Crippen LogP contribution < -0.4 is 5.32 Å². The van der Waals surface area contributed by atoms with Crippen LogP contribution >= 0.6 is 0 Å². The molecule has 19 heavy (non-hydrogen) atoms. The molecule has 1 aromatic heterocycles. The van der Waals surface area contributed by atoms with Crippen molar-refractivity contribution in [3.8, 4) is 0 Å². The third-order valence-corrected chi connectivity index (χ3v) is 2.83. The van der Waals surface area contributed by atoms with E-state index in [1.165, 1.54) is 0 Å². The number of furan rings is 1. The molecular weight excluding hydrogens is 246 g/mol. The summed E-state index contributed by atoms with van der Waals surface area (Å²) in [4.78, 5) is 22.9. The van der Waals surface area contributed by atoms with E-state index in [1.54, 1.807) is 12.1 Å². The highest BCUT2D eigenvalue weighted by atomic mass is 16.4. The largest absolute Gasteiger partial charge is 0.480 e. The van der Waals surface area contributed by atoms with Crippen molar-refractivity contribution in [3.63, 3.8) is 0 Å². The van der Waals surface area contributed by atoms with Gasteiger partial charge in [-0.2, -0.15) is 0 Å². The minimum Gasteiger partial charge on any atom is -0.480 e. The molecular formula is C14H15NO4. The van der Waals surface area contributed by atoms with E-state index in [0.29, 0.717) is 18.4 Å². The standard InChI is InChI=1S/C14H15NO4/c1-2-5-10(14(17)18)15-13(16)12-8-9-6-3-4-7-11(9)19-12/h3-4,6-8,10H,2,5H2,1H3,(H,15,16)(H,17,18)/t10-/m0/s1. The maximum atomic E-state index is 11.9. The quantitative estimate of drug-likeness (QED) is 0.866. The van der Waals surface area contributed by atoms with E-state index in [4.69, 9.17) is 9.52 Å². The van der Waals surface area contributed by atoms with Gasteiger partial charge in [-0.25, -0.2) is 4.79 Å². The normalized spacial score (nSPS) is 12.3. The van der Waals surface area contributed by atoms with E-state index in [9.17, 15) is 9.59 Å². The lowest BCUT2D eigenvalue weighted by molar-refractivity contribution is -0.139. The molecule has 0 bridgehead atoms. The lowest BCUT2D eigenvalue weighted by atomic mass is 10.1. The van der Waals surface area contributed by atoms with Crippen LogP contribution in [-0.2, 0) is 4.79 Å². The molecule has 0 aliphatic heterocycles. The van der Waals surface area contributed by atoms with Gasteiger partial charge < -0.3 is 14.8 Å². The summed E-state index contributed by atoms with van der Waals surface area (Å²) < 4.78 is 5.38. The van der Waals surface area contributed by atoms with Gasteiger partial charge in [0.05, 0.1) is 0 Å². The van der Waals surface area contributed by atoms with Gasteiger partial charge in [0.15, 0.2) is 5.76 Å². The van der Waals surface area contributed by atoms with E-state index in [0.717, 1.165) is 5.39 Å². The molecule has 0 spiro atoms. The highest BCUT2D eigenvalue weighted by molar-refractivity contribution is 5.97. The van der Waals surface area contributed by atoms with Gasteiger partial charge in [0.1, 0.15) is 11.6 Å². The smallest absolute Gasteiger partial charge is 0.326 e. The maximum absolute atomic E-state index is 11.9. The van der Waals surface area contributed by atoms with Crippen LogP contribution in [-0.4, -0.2) is 23.0 Å². The molecule has 1 aromatic carbocycles. The van der Waals surface area contributed by atoms with Crippen molar-refractivity contribution in [1.82, 2.24) is 5.32 Å². The van der Waals surface area contributed by atoms with Crippen molar-refractivity contribution in [2.75, 3.05) is 0 Å². The summed E-state index contributed by atoms with van der Waals surface area (Å²) in [5.74, 6) is -1.41. The van der Waals surface area contributed by atoms with E-state index in [-0.39, 0.29) is 5.76 Å². The Hall–Kier alpha value is -2.30. The molecule has 2 rings (SSSR count). The van der Waals surface area contributed by atoms with E-state index in [2.05, 4.69) is 5.32 Å². The molecule has 0 aliphatic rings. The number of fused-ring (bicyclic) bond motifs is 1. The zero-order valence-corrected chi connectivity index (χ0v) is 10.6. The maximum Gasteiger partial charge on any atom is 0.326 e. The molecule has 5 nitrogen and oxygen atoms in total. The fraction of sp³-hybridized carbons (Fsp3) is 0.286. The van der Waals surface area contributed by atoms with Crippen molar-refractivity contribution < 1.29 is 19.1 Å². The number of para-hydroxylation sites is 1. The molecule has 100 valence electrons. The van der Waals surface area contributed by atoms with Gasteiger partial charge in [0.25, 0.3) is 5.91 Å². The molecule has 0 unspecified atom stereocenters. The Kier molecular flexibility index (Phi) is 3.85. The molecule has 2 aromatic rings. The first kappa shape index (κ1) is 13.1. The Morgan fingerprint density at radius 2 is 2.11 bits per heavy atom. The van der Waals surface area contributed by atoms with Crippen molar-refractivity contribution in [1.29, 1.82) is 0 Å². The number of benzene rings is 1. The van der Waals surface area contributed by atoms with Gasteiger partial charge in [-0.15, -0.1) is 0 Å². The summed E-state index contributed by atoms with van der Waals surface area (Å²) in [6.45, 7) is 1.86. The Balaban J connectivity index is 2.16. The zero-order valence-electron chi connectivity index (χ0n) is 10.6. The first-order valence-corrected chi connectivity index (χ1v) is 6.14. The minimum absolute atomic E-state index is 0.128. The molecule has 1 heterocycles. The van der Waals surface area contributed by atoms with Crippen LogP contribution in [0.1, 0.15) is 30.3 Å². The fourth-order valence-corrected chi connectivity index (χ4v) is 1.87. The summed E-state index contributed by atoms with van der Waals surface area (Å²) in [7, 11) is 0. The van der Waals surface area contributed by atoms with Crippen LogP contribution in [0.5, 0.6) is 0 Å². The van der Waals surface area contributed by atoms with E-state index in [1.807, 2.05) is 25.1 Å². The number of carboxylic acid groups (broad SMARTS) is 1. The van der Waals surface area contributed by atoms with Crippen LogP contribution in [0.15, 0.2) is 34.7 Å². The Labute approximate surface area is 110 Å². The third-order valence-electron chi connectivity index (χ3n) is 2.83. The van der Waals surface area contributed by atoms with Crippen molar-refractivity contribution in [2.45, 2.75) is 25.8 Å². The van der Waals surface area contributed by atoms with Gasteiger partial charge in [-0.05, 0) is 18.6 Å². The molecule has 0 aliphatic carbocycles. The minimum atomic E-state index is -1.04. The van der Waals surface area contributed by atoms with Crippen LogP contribution in [0.25, 0.3) is 11.0 Å². The molecule has 0 radical (unpaired) electrons. The Morgan fingerprint density at radius 1 is 1.37 bits per heavy atom. The highest BCUT2D eigenvalue weighted by Gasteiger charge is 2.21. The number of nitrogens with one attached hydrogen (secondary N) is 1. The highest BCUT2D eigenvalue weighted by Crippen LogP contribution is 2.18. The third kappa shape index (κ3) is 2.93. The average molecular weight is 261 g/mol. The molecule has 0 saturated carbocycles. The number of hydrogen-bond acceptors (Lipinski definition) is 3. The summed E-state index contributed by atoms with van der Waals surface area (Å²) in [6.07, 6.45) is 1.07. The molecule has 0 fully saturated rings. The van der Waals surface area contributed by atoms with Crippen LogP contribution in [0.3, 0.4) is 0 Å². The number of carbonyl (C=O) groups excluding carboxylic acids is 1. The SMILES string of the molecule is CCC[C@H](NC(=O)c1cc2ccccc2o1)C(=O)O. The van der Waals surface area contributed by atoms with Gasteiger partial charge in [-0.1, -0.05) is 31.5 Å². The number of rotatable bonds is 5. The second-order valence-electron chi connectivity index (χ2n) is 4.30. The topological polar surface area (TPSA) is 79.5 Å². The van der Waals surface area contributed by atoms with Crippen LogP contribution in [0, 0.1) is 0 Å². The lowest BCUT2D eigenvalue weighted by Crippen LogP contribution is -2.40. The molecule has 1 atom stereocenters. The van der Waals surface area contributed by atoms with Gasteiger partial charge >= 0.3 is 5.97 Å². The summed E-state index contributed by atoms with van der Waals surface area (Å²) in [5, 5.41) is 12.3. The number of aliphatic carboxylic acids is 1. The summed E-state index contributed by atoms with van der Waals surface area (Å²) >= 11 is 0. The average Bonchev–Trinajstić information content (AvgIpc) is 2.81. The van der Waals surface area contributed by atoms with Crippen molar-refractivity contribution >= 4 is 22.8 Å². The number of carbonyl (C=O) groups is 2. The van der Waals surface area contributed by atoms with Crippen molar-refractivity contribution in [2.24, 2.45) is 0 Å². The lowest BCUT2D eigenvalue weighted by Gasteiger charge is -2.11. The predicted octanol–water partition coefficient (Wildman–Crippen LogP) is 2.42. The van der Waals surface area contributed by atoms with Crippen molar-refractivity contribution in [3.05, 3.63) is 36.1 Å². The molecule has 2 N–H and O–H groups in total. The Bertz CT molecular complexity index is 569. The number of carboxylic acids is 1. The fourth-order valence-electron chi connectivity index (χ4n) is 1.87. The van der Waals surface area contributed by atoms with Gasteiger partial charge in [-0.3, -0.25) is 4.79 Å². The zero-order chi connectivity index (χ0) is 13.8. The first-order valence-electron chi connectivity index (χ1n) is 6.14. The number of amides is 1. The summed E-state index contributed by atoms with van der Waals surface area (Å²) in [6, 6.07) is 7.96. The summed E-state index contributed by atoms with van der Waals surface area (Å²) in [5.41, 5.74) is 0.606. The molecule has 5 heteroatoms. The van der Waals surface area contributed by atoms with Gasteiger partial charge in [0.2, 0.25) is 0 Å².